The van der Waals surface area contributed by atoms with Crippen molar-refractivity contribution < 1.29 is 0 Å². The molecule has 2 rings (SSSR count). The van der Waals surface area contributed by atoms with Gasteiger partial charge in [-0.15, -0.1) is 6.58 Å². The van der Waals surface area contributed by atoms with Crippen molar-refractivity contribution in [3.63, 3.8) is 0 Å². The van der Waals surface area contributed by atoms with Crippen molar-refractivity contribution in [1.82, 2.24) is 4.98 Å². The molecule has 0 atom stereocenters. The standard InChI is InChI=1S/C12H16ClN3/c1-2-7-16(9-3-4-9)12-6-5-10(13)11(8-14)15-12/h2,5-6,9H,1,3-4,7-8,14H2. The third-order valence-corrected chi connectivity index (χ3v) is 3.05. The van der Waals surface area contributed by atoms with Gasteiger partial charge in [0.25, 0.3) is 0 Å². The summed E-state index contributed by atoms with van der Waals surface area (Å²) < 4.78 is 0. The van der Waals surface area contributed by atoms with E-state index in [1.165, 1.54) is 12.8 Å². The molecule has 0 aliphatic heterocycles. The lowest BCUT2D eigenvalue weighted by molar-refractivity contribution is 0.830. The normalized spacial score (nSPS) is 14.9. The van der Waals surface area contributed by atoms with Gasteiger partial charge in [0.15, 0.2) is 0 Å². The number of pyridine rings is 1. The zero-order chi connectivity index (χ0) is 11.5. The highest BCUT2D eigenvalue weighted by Crippen LogP contribution is 2.31. The van der Waals surface area contributed by atoms with Gasteiger partial charge in [0.05, 0.1) is 10.7 Å². The number of nitrogens with zero attached hydrogens (tertiary/aromatic N) is 2. The smallest absolute Gasteiger partial charge is 0.129 e. The molecule has 1 aliphatic rings. The SMILES string of the molecule is C=CCN(c1ccc(Cl)c(CN)n1)C1CC1. The molecule has 1 aliphatic carbocycles. The maximum atomic E-state index is 5.99. The van der Waals surface area contributed by atoms with Gasteiger partial charge in [0.2, 0.25) is 0 Å². The van der Waals surface area contributed by atoms with Gasteiger partial charge in [0, 0.05) is 19.1 Å². The third-order valence-electron chi connectivity index (χ3n) is 2.70. The summed E-state index contributed by atoms with van der Waals surface area (Å²) in [4.78, 5) is 6.74. The minimum atomic E-state index is 0.374. The van der Waals surface area contributed by atoms with Gasteiger partial charge in [-0.2, -0.15) is 0 Å². The van der Waals surface area contributed by atoms with Gasteiger partial charge in [-0.1, -0.05) is 17.7 Å². The zero-order valence-corrected chi connectivity index (χ0v) is 9.95. The van der Waals surface area contributed by atoms with E-state index in [2.05, 4.69) is 16.5 Å². The molecule has 0 spiro atoms. The first kappa shape index (κ1) is 11.4. The Kier molecular flexibility index (Phi) is 3.46. The maximum absolute atomic E-state index is 5.99. The topological polar surface area (TPSA) is 42.1 Å². The fourth-order valence-electron chi connectivity index (χ4n) is 1.73. The van der Waals surface area contributed by atoms with E-state index in [0.29, 0.717) is 17.6 Å². The Labute approximate surface area is 101 Å². The Morgan fingerprint density at radius 1 is 1.56 bits per heavy atom. The lowest BCUT2D eigenvalue weighted by Crippen LogP contribution is -2.27. The van der Waals surface area contributed by atoms with Gasteiger partial charge in [-0.25, -0.2) is 4.98 Å². The first-order valence-electron chi connectivity index (χ1n) is 5.49. The lowest BCUT2D eigenvalue weighted by atomic mass is 10.3. The highest BCUT2D eigenvalue weighted by atomic mass is 35.5. The number of hydrogen-bond acceptors (Lipinski definition) is 3. The number of hydrogen-bond donors (Lipinski definition) is 1. The Balaban J connectivity index is 2.26. The molecule has 0 radical (unpaired) electrons. The molecule has 1 heterocycles. The quantitative estimate of drug-likeness (QED) is 0.800. The average molecular weight is 238 g/mol. The van der Waals surface area contributed by atoms with Crippen LogP contribution in [0, 0.1) is 0 Å². The molecule has 1 aromatic rings. The van der Waals surface area contributed by atoms with Crippen LogP contribution in [0.1, 0.15) is 18.5 Å². The predicted octanol–water partition coefficient (Wildman–Crippen LogP) is 2.35. The molecule has 0 aromatic carbocycles. The van der Waals surface area contributed by atoms with Gasteiger partial charge in [0.1, 0.15) is 5.82 Å². The second-order valence-electron chi connectivity index (χ2n) is 3.97. The summed E-state index contributed by atoms with van der Waals surface area (Å²) in [6.45, 7) is 4.97. The molecule has 0 unspecified atom stereocenters. The van der Waals surface area contributed by atoms with Crippen molar-refractivity contribution in [3.05, 3.63) is 35.5 Å². The van der Waals surface area contributed by atoms with E-state index in [1.807, 2.05) is 18.2 Å². The Bertz CT molecular complexity index is 388. The number of anilines is 1. The van der Waals surface area contributed by atoms with Gasteiger partial charge >= 0.3 is 0 Å². The van der Waals surface area contributed by atoms with Gasteiger partial charge in [-0.3, -0.25) is 0 Å². The van der Waals surface area contributed by atoms with Crippen molar-refractivity contribution in [2.75, 3.05) is 11.4 Å². The van der Waals surface area contributed by atoms with E-state index in [0.717, 1.165) is 18.1 Å². The largest absolute Gasteiger partial charge is 0.350 e. The number of rotatable bonds is 5. The molecular formula is C12H16ClN3. The van der Waals surface area contributed by atoms with Crippen LogP contribution in [-0.4, -0.2) is 17.6 Å². The molecule has 3 nitrogen and oxygen atoms in total. The van der Waals surface area contributed by atoms with E-state index < -0.39 is 0 Å². The van der Waals surface area contributed by atoms with Crippen molar-refractivity contribution in [2.45, 2.75) is 25.4 Å². The van der Waals surface area contributed by atoms with Crippen LogP contribution < -0.4 is 10.6 Å². The van der Waals surface area contributed by atoms with Crippen molar-refractivity contribution >= 4 is 17.4 Å². The molecule has 1 fully saturated rings. The predicted molar refractivity (Wildman–Crippen MR) is 67.7 cm³/mol. The van der Waals surface area contributed by atoms with E-state index in [9.17, 15) is 0 Å². The molecule has 16 heavy (non-hydrogen) atoms. The van der Waals surface area contributed by atoms with E-state index in [1.54, 1.807) is 0 Å². The molecule has 0 saturated heterocycles. The molecule has 4 heteroatoms. The molecule has 0 bridgehead atoms. The van der Waals surface area contributed by atoms with Crippen LogP contribution in [0.2, 0.25) is 5.02 Å². The van der Waals surface area contributed by atoms with Crippen LogP contribution in [0.15, 0.2) is 24.8 Å². The fourth-order valence-corrected chi connectivity index (χ4v) is 1.91. The summed E-state index contributed by atoms with van der Waals surface area (Å²) in [5, 5.41) is 0.639. The molecule has 1 aromatic heterocycles. The lowest BCUT2D eigenvalue weighted by Gasteiger charge is -2.22. The van der Waals surface area contributed by atoms with Crippen molar-refractivity contribution in [2.24, 2.45) is 5.73 Å². The highest BCUT2D eigenvalue weighted by Gasteiger charge is 2.29. The van der Waals surface area contributed by atoms with Crippen LogP contribution >= 0.6 is 11.6 Å². The summed E-state index contributed by atoms with van der Waals surface area (Å²) in [5.74, 6) is 0.951. The monoisotopic (exact) mass is 237 g/mol. The maximum Gasteiger partial charge on any atom is 0.129 e. The molecular weight excluding hydrogens is 222 g/mol. The van der Waals surface area contributed by atoms with Gasteiger partial charge < -0.3 is 10.6 Å². The zero-order valence-electron chi connectivity index (χ0n) is 9.19. The molecule has 86 valence electrons. The minimum Gasteiger partial charge on any atom is -0.350 e. The van der Waals surface area contributed by atoms with Crippen LogP contribution in [0.4, 0.5) is 5.82 Å². The fraction of sp³-hybridized carbons (Fsp3) is 0.417. The first-order valence-corrected chi connectivity index (χ1v) is 5.87. The van der Waals surface area contributed by atoms with Crippen LogP contribution in [0.3, 0.4) is 0 Å². The van der Waals surface area contributed by atoms with Gasteiger partial charge in [-0.05, 0) is 25.0 Å². The number of halogens is 1. The second kappa shape index (κ2) is 4.85. The third kappa shape index (κ3) is 2.36. The molecule has 2 N–H and O–H groups in total. The first-order chi connectivity index (χ1) is 7.76. The van der Waals surface area contributed by atoms with E-state index in [4.69, 9.17) is 17.3 Å². The summed E-state index contributed by atoms with van der Waals surface area (Å²) in [6.07, 6.45) is 4.36. The minimum absolute atomic E-state index is 0.374. The van der Waals surface area contributed by atoms with Crippen molar-refractivity contribution in [1.29, 1.82) is 0 Å². The molecule has 1 saturated carbocycles. The number of aromatic nitrogens is 1. The van der Waals surface area contributed by atoms with E-state index in [-0.39, 0.29) is 0 Å². The summed E-state index contributed by atoms with van der Waals surface area (Å²) >= 11 is 5.99. The van der Waals surface area contributed by atoms with E-state index >= 15 is 0 Å². The summed E-state index contributed by atoms with van der Waals surface area (Å²) in [5.41, 5.74) is 6.36. The summed E-state index contributed by atoms with van der Waals surface area (Å²) in [6, 6.07) is 4.42. The Morgan fingerprint density at radius 3 is 2.88 bits per heavy atom. The Hall–Kier alpha value is -1.06. The average Bonchev–Trinajstić information content (AvgIpc) is 3.11. The van der Waals surface area contributed by atoms with Crippen LogP contribution in [0.5, 0.6) is 0 Å². The highest BCUT2D eigenvalue weighted by molar-refractivity contribution is 6.31. The van der Waals surface area contributed by atoms with Crippen LogP contribution in [0.25, 0.3) is 0 Å². The summed E-state index contributed by atoms with van der Waals surface area (Å²) in [7, 11) is 0. The van der Waals surface area contributed by atoms with Crippen molar-refractivity contribution in [3.8, 4) is 0 Å². The van der Waals surface area contributed by atoms with Crippen LogP contribution in [-0.2, 0) is 6.54 Å². The number of nitrogens with two attached hydrogens (primary N) is 1. The Morgan fingerprint density at radius 2 is 2.31 bits per heavy atom. The second-order valence-corrected chi connectivity index (χ2v) is 4.38. The molecule has 0 amide bonds.